The minimum Gasteiger partial charge on any atom is -0.386 e. The van der Waals surface area contributed by atoms with Crippen molar-refractivity contribution in [3.8, 4) is 12.1 Å². The first-order valence-electron chi connectivity index (χ1n) is 5.07. The van der Waals surface area contributed by atoms with Crippen molar-refractivity contribution in [2.75, 3.05) is 12.4 Å². The second-order valence-electron chi connectivity index (χ2n) is 4.34. The Kier molecular flexibility index (Phi) is 1.57. The highest BCUT2D eigenvalue weighted by atomic mass is 32.2. The standard InChI is InChI=1S/C10H10N4OS/c1-6-8(4-11)7(13)14-10(9(6,8)5-12)15-2-3-16-10/h6H,2-3H2,1H3,(H2,13,14)/t6-,8-,9-,10-/m1/s1. The summed E-state index contributed by atoms with van der Waals surface area (Å²) in [6, 6.07) is 4.44. The van der Waals surface area contributed by atoms with Gasteiger partial charge in [-0.25, -0.2) is 4.99 Å². The molecule has 2 fully saturated rings. The van der Waals surface area contributed by atoms with Crippen molar-refractivity contribution in [2.45, 2.75) is 12.0 Å². The number of aliphatic imine (C=N–C) groups is 1. The van der Waals surface area contributed by atoms with Crippen LogP contribution in [0.1, 0.15) is 6.92 Å². The lowest BCUT2D eigenvalue weighted by Crippen LogP contribution is -2.34. The van der Waals surface area contributed by atoms with E-state index in [9.17, 15) is 10.5 Å². The molecule has 16 heavy (non-hydrogen) atoms. The number of ether oxygens (including phenoxy) is 1. The van der Waals surface area contributed by atoms with E-state index < -0.39 is 15.9 Å². The van der Waals surface area contributed by atoms with Crippen LogP contribution in [-0.2, 0) is 4.74 Å². The van der Waals surface area contributed by atoms with Crippen molar-refractivity contribution in [2.24, 2.45) is 27.5 Å². The van der Waals surface area contributed by atoms with Crippen LogP contribution in [0.2, 0.25) is 0 Å². The quantitative estimate of drug-likeness (QED) is 0.656. The lowest BCUT2D eigenvalue weighted by Gasteiger charge is -2.25. The Morgan fingerprint density at radius 3 is 2.75 bits per heavy atom. The number of nitriles is 2. The van der Waals surface area contributed by atoms with Crippen LogP contribution in [0.25, 0.3) is 0 Å². The Morgan fingerprint density at radius 2 is 2.31 bits per heavy atom. The van der Waals surface area contributed by atoms with E-state index in [0.717, 1.165) is 5.75 Å². The first-order valence-corrected chi connectivity index (χ1v) is 6.06. The SMILES string of the molecule is C[C@H]1[C@@]2(C#N)[C@@]3(N=C(N)[C@@]12C#N)OCCS3. The largest absolute Gasteiger partial charge is 0.386 e. The molecule has 5 nitrogen and oxygen atoms in total. The van der Waals surface area contributed by atoms with E-state index in [-0.39, 0.29) is 11.8 Å². The molecule has 0 unspecified atom stereocenters. The number of thioether (sulfide) groups is 1. The zero-order valence-electron chi connectivity index (χ0n) is 8.73. The third-order valence-corrected chi connectivity index (χ3v) is 5.33. The molecule has 3 aliphatic rings. The van der Waals surface area contributed by atoms with Gasteiger partial charge in [-0.3, -0.25) is 0 Å². The minimum atomic E-state index is -0.931. The summed E-state index contributed by atoms with van der Waals surface area (Å²) in [7, 11) is 0. The summed E-state index contributed by atoms with van der Waals surface area (Å²) < 4.78 is 5.64. The Labute approximate surface area is 97.3 Å². The fraction of sp³-hybridized carbons (Fsp3) is 0.700. The summed E-state index contributed by atoms with van der Waals surface area (Å²) in [4.78, 5) is 4.28. The van der Waals surface area contributed by atoms with Crippen LogP contribution < -0.4 is 5.73 Å². The van der Waals surface area contributed by atoms with Crippen LogP contribution in [-0.4, -0.2) is 23.3 Å². The predicted molar refractivity (Wildman–Crippen MR) is 58.0 cm³/mol. The van der Waals surface area contributed by atoms with Gasteiger partial charge in [0.25, 0.3) is 0 Å². The van der Waals surface area contributed by atoms with Crippen LogP contribution in [0, 0.1) is 39.4 Å². The molecule has 1 saturated carbocycles. The van der Waals surface area contributed by atoms with Crippen molar-refractivity contribution in [1.82, 2.24) is 0 Å². The van der Waals surface area contributed by atoms with E-state index in [1.165, 1.54) is 11.8 Å². The average Bonchev–Trinajstić information content (AvgIpc) is 2.61. The molecule has 3 rings (SSSR count). The maximum atomic E-state index is 9.45. The monoisotopic (exact) mass is 234 g/mol. The summed E-state index contributed by atoms with van der Waals surface area (Å²) in [5.74, 6) is 0.936. The summed E-state index contributed by atoms with van der Waals surface area (Å²) in [6.45, 7) is 2.43. The molecular weight excluding hydrogens is 224 g/mol. The molecule has 0 aromatic carbocycles. The first-order chi connectivity index (χ1) is 7.61. The molecule has 4 atom stereocenters. The smallest absolute Gasteiger partial charge is 0.230 e. The van der Waals surface area contributed by atoms with E-state index in [0.29, 0.717) is 6.61 Å². The number of nitrogens with zero attached hydrogens (tertiary/aromatic N) is 3. The molecule has 82 valence electrons. The van der Waals surface area contributed by atoms with E-state index in [2.05, 4.69) is 17.1 Å². The Bertz CT molecular complexity index is 484. The highest BCUT2D eigenvalue weighted by molar-refractivity contribution is 8.00. The second kappa shape index (κ2) is 2.53. The molecule has 0 aromatic heterocycles. The highest BCUT2D eigenvalue weighted by Gasteiger charge is 2.91. The number of hydrogen-bond donors (Lipinski definition) is 1. The number of amidine groups is 1. The third-order valence-electron chi connectivity index (χ3n) is 4.04. The number of rotatable bonds is 0. The Hall–Kier alpha value is -1.24. The van der Waals surface area contributed by atoms with Gasteiger partial charge in [0.05, 0.1) is 18.7 Å². The zero-order chi connectivity index (χ0) is 11.6. The number of nitrogens with two attached hydrogens (primary N) is 1. The van der Waals surface area contributed by atoms with Gasteiger partial charge in [-0.05, 0) is 0 Å². The molecule has 1 saturated heterocycles. The summed E-state index contributed by atoms with van der Waals surface area (Å²) >= 11 is 1.48. The minimum absolute atomic E-state index is 0.113. The molecule has 0 radical (unpaired) electrons. The molecule has 6 heteroatoms. The molecule has 0 amide bonds. The van der Waals surface area contributed by atoms with Crippen molar-refractivity contribution >= 4 is 17.6 Å². The normalized spacial score (nSPS) is 52.9. The predicted octanol–water partition coefficient (Wildman–Crippen LogP) is 0.444. The van der Waals surface area contributed by atoms with E-state index in [1.54, 1.807) is 0 Å². The second-order valence-corrected chi connectivity index (χ2v) is 5.59. The fourth-order valence-corrected chi connectivity index (χ4v) is 4.52. The third kappa shape index (κ3) is 0.634. The number of fused-ring (bicyclic) bond motifs is 2. The number of hydrogen-bond acceptors (Lipinski definition) is 6. The van der Waals surface area contributed by atoms with Crippen molar-refractivity contribution in [3.63, 3.8) is 0 Å². The van der Waals surface area contributed by atoms with E-state index >= 15 is 0 Å². The van der Waals surface area contributed by atoms with Gasteiger partial charge >= 0.3 is 0 Å². The molecule has 2 heterocycles. The average molecular weight is 234 g/mol. The van der Waals surface area contributed by atoms with E-state index in [1.807, 2.05) is 6.92 Å². The lowest BCUT2D eigenvalue weighted by atomic mass is 9.95. The summed E-state index contributed by atoms with van der Waals surface area (Å²) in [6.07, 6.45) is 0. The summed E-state index contributed by atoms with van der Waals surface area (Å²) in [5, 5.41) is 17.8. The molecule has 2 aliphatic heterocycles. The molecule has 1 aliphatic carbocycles. The van der Waals surface area contributed by atoms with Crippen LogP contribution in [0.5, 0.6) is 0 Å². The van der Waals surface area contributed by atoms with Crippen LogP contribution in [0.15, 0.2) is 4.99 Å². The van der Waals surface area contributed by atoms with Gasteiger partial charge in [-0.1, -0.05) is 18.7 Å². The van der Waals surface area contributed by atoms with Crippen molar-refractivity contribution in [3.05, 3.63) is 0 Å². The van der Waals surface area contributed by atoms with Gasteiger partial charge in [0.2, 0.25) is 5.06 Å². The van der Waals surface area contributed by atoms with Crippen molar-refractivity contribution in [1.29, 1.82) is 10.5 Å². The lowest BCUT2D eigenvalue weighted by molar-refractivity contribution is 0.0177. The Morgan fingerprint density at radius 1 is 1.56 bits per heavy atom. The van der Waals surface area contributed by atoms with Crippen LogP contribution in [0.3, 0.4) is 0 Å². The van der Waals surface area contributed by atoms with Crippen LogP contribution in [0.4, 0.5) is 0 Å². The van der Waals surface area contributed by atoms with Gasteiger partial charge in [0, 0.05) is 11.7 Å². The van der Waals surface area contributed by atoms with Crippen molar-refractivity contribution < 1.29 is 4.74 Å². The van der Waals surface area contributed by atoms with E-state index in [4.69, 9.17) is 10.5 Å². The first kappa shape index (κ1) is 9.95. The maximum absolute atomic E-state index is 9.45. The summed E-state index contributed by atoms with van der Waals surface area (Å²) in [5.41, 5.74) is 4.03. The van der Waals surface area contributed by atoms with Gasteiger partial charge < -0.3 is 10.5 Å². The van der Waals surface area contributed by atoms with Crippen LogP contribution >= 0.6 is 11.8 Å². The van der Waals surface area contributed by atoms with Gasteiger partial charge in [-0.2, -0.15) is 10.5 Å². The molecule has 0 aromatic rings. The van der Waals surface area contributed by atoms with Gasteiger partial charge in [-0.15, -0.1) is 0 Å². The highest BCUT2D eigenvalue weighted by Crippen LogP contribution is 2.80. The topological polar surface area (TPSA) is 95.2 Å². The molecule has 2 N–H and O–H groups in total. The van der Waals surface area contributed by atoms with Gasteiger partial charge in [0.1, 0.15) is 16.7 Å². The Balaban J connectivity index is 2.22. The zero-order valence-corrected chi connectivity index (χ0v) is 9.54. The maximum Gasteiger partial charge on any atom is 0.230 e. The van der Waals surface area contributed by atoms with Gasteiger partial charge in [0.15, 0.2) is 0 Å². The molecule has 0 bridgehead atoms. The molecule has 1 spiro atoms. The molecular formula is C10H10N4OS. The fourth-order valence-electron chi connectivity index (χ4n) is 3.13.